The number of carbonyl (C=O) groups excluding carboxylic acids is 1. The quantitative estimate of drug-likeness (QED) is 0.0199. The Morgan fingerprint density at radius 1 is 0.360 bits per heavy atom. The molecule has 0 aliphatic carbocycles. The summed E-state index contributed by atoms with van der Waals surface area (Å²) in [5, 5.41) is 121. The van der Waals surface area contributed by atoms with Crippen molar-refractivity contribution in [1.29, 1.82) is 0 Å². The Morgan fingerprint density at radius 3 is 1.07 bits per heavy atom. The lowest BCUT2D eigenvalue weighted by atomic mass is 9.96. The molecule has 0 radical (unpaired) electrons. The topological polar surface area (TPSA) is 307 Å². The van der Waals surface area contributed by atoms with Crippen molar-refractivity contribution in [2.24, 2.45) is 0 Å². The van der Waals surface area contributed by atoms with Crippen LogP contribution in [0.4, 0.5) is 0 Å². The number of hydrogen-bond donors (Lipinski definition) is 12. The monoisotopic (exact) mass is 1420 g/mol. The zero-order chi connectivity index (χ0) is 72.5. The van der Waals surface area contributed by atoms with Gasteiger partial charge in [-0.3, -0.25) is 4.79 Å². The molecule has 3 rings (SSSR count). The molecule has 0 aromatic rings. The highest BCUT2D eigenvalue weighted by Crippen LogP contribution is 2.33. The molecule has 3 aliphatic rings. The average Bonchev–Trinajstić information content (AvgIpc) is 0.784. The number of rotatable bonds is 64. The Kier molecular flexibility index (Phi) is 56.5. The smallest absolute Gasteiger partial charge is 0.220 e. The largest absolute Gasteiger partial charge is 0.394 e. The Morgan fingerprint density at radius 2 is 0.670 bits per heavy atom. The van der Waals surface area contributed by atoms with Crippen molar-refractivity contribution in [3.05, 3.63) is 60.8 Å². The molecule has 3 fully saturated rings. The highest BCUT2D eigenvalue weighted by molar-refractivity contribution is 5.76. The van der Waals surface area contributed by atoms with Gasteiger partial charge in [-0.1, -0.05) is 293 Å². The number of carbonyl (C=O) groups is 1. The van der Waals surface area contributed by atoms with E-state index in [1.807, 2.05) is 6.08 Å². The van der Waals surface area contributed by atoms with Gasteiger partial charge in [0.15, 0.2) is 18.9 Å². The van der Waals surface area contributed by atoms with E-state index in [1.165, 1.54) is 231 Å². The number of allylic oxidation sites excluding steroid dienone is 9. The SMILES string of the molecule is CCCCCC/C=C/CC/C=C/CC/C=C/C(O)C(COC1OC(CO)C(OC2OC(CO)C(OC3OC(CO)C(O)C(O)C3O)C(O)C2O)C(O)C1O)NC(=O)CCCCCCCCCCCCCCCCCCCCCCCCCCCCCCC/C=C\C/C=C\CCCCCCC. The minimum atomic E-state index is -1.98. The first-order chi connectivity index (χ1) is 48.8. The number of unbranched alkanes of at least 4 members (excludes halogenated alkanes) is 40. The first-order valence-electron chi connectivity index (χ1n) is 40.5. The lowest BCUT2D eigenvalue weighted by Crippen LogP contribution is -2.66. The molecule has 3 aliphatic heterocycles. The van der Waals surface area contributed by atoms with Gasteiger partial charge in [-0.15, -0.1) is 0 Å². The number of amides is 1. The predicted molar refractivity (Wildman–Crippen MR) is 397 cm³/mol. The zero-order valence-corrected chi connectivity index (χ0v) is 62.4. The van der Waals surface area contributed by atoms with E-state index < -0.39 is 124 Å². The summed E-state index contributed by atoms with van der Waals surface area (Å²) in [6.45, 7) is 1.69. The lowest BCUT2D eigenvalue weighted by molar-refractivity contribution is -0.379. The van der Waals surface area contributed by atoms with E-state index in [0.717, 1.165) is 51.4 Å². The van der Waals surface area contributed by atoms with Gasteiger partial charge in [0.25, 0.3) is 0 Å². The summed E-state index contributed by atoms with van der Waals surface area (Å²) in [6.07, 6.45) is 52.6. The van der Waals surface area contributed by atoms with E-state index in [0.29, 0.717) is 12.8 Å². The first-order valence-corrected chi connectivity index (χ1v) is 40.5. The molecule has 0 saturated carbocycles. The van der Waals surface area contributed by atoms with Gasteiger partial charge in [-0.2, -0.15) is 0 Å². The first kappa shape index (κ1) is 91.7. The van der Waals surface area contributed by atoms with Gasteiger partial charge < -0.3 is 89.9 Å². The van der Waals surface area contributed by atoms with Gasteiger partial charge >= 0.3 is 0 Å². The fourth-order valence-electron chi connectivity index (χ4n) is 13.5. The number of nitrogens with one attached hydrogen (secondary N) is 1. The molecule has 0 aromatic heterocycles. The third-order valence-electron chi connectivity index (χ3n) is 20.0. The lowest BCUT2D eigenvalue weighted by Gasteiger charge is -2.48. The third kappa shape index (κ3) is 41.4. The molecule has 584 valence electrons. The van der Waals surface area contributed by atoms with Crippen molar-refractivity contribution in [1.82, 2.24) is 5.32 Å². The summed E-state index contributed by atoms with van der Waals surface area (Å²) in [7, 11) is 0. The summed E-state index contributed by atoms with van der Waals surface area (Å²) in [5.74, 6) is -0.286. The van der Waals surface area contributed by atoms with Crippen LogP contribution in [0.5, 0.6) is 0 Å². The van der Waals surface area contributed by atoms with Crippen LogP contribution in [0.1, 0.15) is 316 Å². The van der Waals surface area contributed by atoms with Gasteiger partial charge in [-0.25, -0.2) is 0 Å². The van der Waals surface area contributed by atoms with Crippen molar-refractivity contribution in [3.8, 4) is 0 Å². The maximum Gasteiger partial charge on any atom is 0.220 e. The van der Waals surface area contributed by atoms with Gasteiger partial charge in [0.2, 0.25) is 5.91 Å². The number of ether oxygens (including phenoxy) is 6. The Balaban J connectivity index is 1.27. The second kappa shape index (κ2) is 61.6. The average molecular weight is 1420 g/mol. The van der Waals surface area contributed by atoms with Gasteiger partial charge in [0.1, 0.15) is 73.2 Å². The van der Waals surface area contributed by atoms with Crippen LogP contribution in [0.3, 0.4) is 0 Å². The molecule has 0 aromatic carbocycles. The Hall–Kier alpha value is -2.51. The normalized spacial score (nSPS) is 26.8. The third-order valence-corrected chi connectivity index (χ3v) is 20.0. The minimum Gasteiger partial charge on any atom is -0.394 e. The van der Waals surface area contributed by atoms with Crippen LogP contribution in [0, 0.1) is 0 Å². The molecule has 17 unspecified atom stereocenters. The van der Waals surface area contributed by atoms with Gasteiger partial charge in [-0.05, 0) is 77.0 Å². The van der Waals surface area contributed by atoms with Crippen LogP contribution in [0.15, 0.2) is 60.8 Å². The second-order valence-corrected chi connectivity index (χ2v) is 28.9. The standard InChI is InChI=1S/C81H147NO18/c1-3-5-7-9-11-13-15-17-19-20-21-22-23-24-25-26-27-28-29-30-31-32-33-34-35-36-37-38-39-40-41-42-43-44-45-47-49-51-53-55-57-59-69(87)82-64(65(86)58-56-54-52-50-48-46-18-16-14-12-10-8-6-4-2)63-95-79-75(93)72(90)77(67(61-84)97-79)100-81-76(94)73(91)78(68(62-85)98-81)99-80-74(92)71(89)70(88)66(60-83)96-80/h14-17,20-21,48,50,56,58,64-68,70-81,83-86,88-94H,3-13,18-19,22-47,49,51-55,57,59-63H2,1-2H3,(H,82,87)/b16-14+,17-15-,21-20-,50-48+,58-56+. The van der Waals surface area contributed by atoms with Crippen molar-refractivity contribution >= 4 is 5.91 Å². The van der Waals surface area contributed by atoms with Crippen molar-refractivity contribution < 1.29 is 89.4 Å². The number of aliphatic hydroxyl groups excluding tert-OH is 11. The fraction of sp³-hybridized carbons (Fsp3) is 0.864. The molecular formula is C81H147NO18. The maximum atomic E-state index is 13.4. The number of hydrogen-bond acceptors (Lipinski definition) is 18. The van der Waals surface area contributed by atoms with Crippen molar-refractivity contribution in [2.75, 3.05) is 26.4 Å². The van der Waals surface area contributed by atoms with Crippen LogP contribution in [-0.4, -0.2) is 193 Å². The van der Waals surface area contributed by atoms with Gasteiger partial charge in [0.05, 0.1) is 38.6 Å². The molecule has 100 heavy (non-hydrogen) atoms. The van der Waals surface area contributed by atoms with Crippen LogP contribution in [-0.2, 0) is 33.2 Å². The summed E-state index contributed by atoms with van der Waals surface area (Å²) in [4.78, 5) is 13.4. The molecule has 3 heterocycles. The maximum absolute atomic E-state index is 13.4. The predicted octanol–water partition coefficient (Wildman–Crippen LogP) is 13.5. The van der Waals surface area contributed by atoms with E-state index in [9.17, 15) is 61.0 Å². The van der Waals surface area contributed by atoms with Crippen LogP contribution >= 0.6 is 0 Å². The second-order valence-electron chi connectivity index (χ2n) is 28.9. The van der Waals surface area contributed by atoms with E-state index in [-0.39, 0.29) is 18.9 Å². The van der Waals surface area contributed by atoms with E-state index >= 15 is 0 Å². The Labute approximate surface area is 605 Å². The summed E-state index contributed by atoms with van der Waals surface area (Å²) in [6, 6.07) is -0.996. The van der Waals surface area contributed by atoms with E-state index in [1.54, 1.807) is 6.08 Å². The minimum absolute atomic E-state index is 0.234. The van der Waals surface area contributed by atoms with Crippen LogP contribution in [0.25, 0.3) is 0 Å². The van der Waals surface area contributed by atoms with Crippen LogP contribution in [0.2, 0.25) is 0 Å². The summed E-state index contributed by atoms with van der Waals surface area (Å²) < 4.78 is 34.3. The summed E-state index contributed by atoms with van der Waals surface area (Å²) >= 11 is 0. The zero-order valence-electron chi connectivity index (χ0n) is 62.4. The molecule has 12 N–H and O–H groups in total. The number of aliphatic hydroxyl groups is 11. The molecule has 0 bridgehead atoms. The highest BCUT2D eigenvalue weighted by atomic mass is 16.8. The molecule has 1 amide bonds. The molecule has 0 spiro atoms. The molecule has 19 nitrogen and oxygen atoms in total. The highest BCUT2D eigenvalue weighted by Gasteiger charge is 2.54. The fourth-order valence-corrected chi connectivity index (χ4v) is 13.5. The van der Waals surface area contributed by atoms with Crippen molar-refractivity contribution in [2.45, 2.75) is 420 Å². The summed E-state index contributed by atoms with van der Waals surface area (Å²) in [5.41, 5.74) is 0. The molecule has 19 heteroatoms. The molecule has 3 saturated heterocycles. The van der Waals surface area contributed by atoms with Gasteiger partial charge in [0, 0.05) is 6.42 Å². The molecular weight excluding hydrogens is 1270 g/mol. The van der Waals surface area contributed by atoms with E-state index in [4.69, 9.17) is 28.4 Å². The Bertz CT molecular complexity index is 2040. The van der Waals surface area contributed by atoms with E-state index in [2.05, 4.69) is 67.8 Å². The van der Waals surface area contributed by atoms with Crippen LogP contribution < -0.4 is 5.32 Å². The molecule has 17 atom stereocenters. The van der Waals surface area contributed by atoms with Crippen molar-refractivity contribution in [3.63, 3.8) is 0 Å².